The number of carbonyl (C=O) groups excluding carboxylic acids is 1. The van der Waals surface area contributed by atoms with Crippen LogP contribution >= 0.6 is 0 Å². The molecule has 25 heavy (non-hydrogen) atoms. The summed E-state index contributed by atoms with van der Waals surface area (Å²) in [6.07, 6.45) is 5.19. The van der Waals surface area contributed by atoms with Crippen LogP contribution in [-0.4, -0.2) is 31.5 Å². The van der Waals surface area contributed by atoms with Crippen LogP contribution in [0.2, 0.25) is 0 Å². The molecule has 0 aliphatic rings. The molecule has 6 heteroatoms. The van der Waals surface area contributed by atoms with Gasteiger partial charge in [0.15, 0.2) is 12.4 Å². The van der Waals surface area contributed by atoms with E-state index in [1.807, 2.05) is 31.1 Å². The summed E-state index contributed by atoms with van der Waals surface area (Å²) in [6.45, 7) is 3.95. The molecule has 0 spiro atoms. The molecule has 130 valence electrons. The van der Waals surface area contributed by atoms with Crippen LogP contribution in [0, 0.1) is 5.82 Å². The van der Waals surface area contributed by atoms with E-state index in [2.05, 4.69) is 11.6 Å². The third-order valence-corrected chi connectivity index (χ3v) is 3.99. The quantitative estimate of drug-likeness (QED) is 0.191. The van der Waals surface area contributed by atoms with E-state index in [9.17, 15) is 9.18 Å². The van der Waals surface area contributed by atoms with Crippen LogP contribution in [0.3, 0.4) is 0 Å². The van der Waals surface area contributed by atoms with Crippen LogP contribution in [0.15, 0.2) is 66.4 Å². The maximum atomic E-state index is 13.1. The topological polar surface area (TPSA) is 36.6 Å². The van der Waals surface area contributed by atoms with E-state index in [4.69, 9.17) is 12.6 Å². The van der Waals surface area contributed by atoms with Gasteiger partial charge in [0.25, 0.3) is 0 Å². The highest BCUT2D eigenvalue weighted by Crippen LogP contribution is 2.14. The number of benzene rings is 1. The molecule has 2 rings (SSSR count). The fraction of sp³-hybridized carbons (Fsp3) is 0.211. The number of carbonyl (C=O) groups is 1. The van der Waals surface area contributed by atoms with Gasteiger partial charge in [-0.05, 0) is 29.3 Å². The molecular weight excluding hydrogens is 337 g/mol. The minimum Gasteiger partial charge on any atom is -0.758 e. The van der Waals surface area contributed by atoms with Gasteiger partial charge in [-0.2, -0.15) is 4.57 Å². The molecule has 0 fully saturated rings. The lowest BCUT2D eigenvalue weighted by atomic mass is 10.0. The molecule has 0 amide bonds. The van der Waals surface area contributed by atoms with Crippen LogP contribution < -0.4 is 9.47 Å². The lowest BCUT2D eigenvalue weighted by molar-refractivity contribution is -0.691. The van der Waals surface area contributed by atoms with Crippen molar-refractivity contribution < 1.29 is 13.8 Å². The molecule has 0 saturated carbocycles. The Morgan fingerprint density at radius 1 is 1.28 bits per heavy atom. The monoisotopic (exact) mass is 357 g/mol. The minimum atomic E-state index is -0.767. The van der Waals surface area contributed by atoms with Crippen molar-refractivity contribution in [1.82, 2.24) is 0 Å². The van der Waals surface area contributed by atoms with E-state index in [-0.39, 0.29) is 10.8 Å². The number of aromatic nitrogens is 1. The molecule has 0 unspecified atom stereocenters. The van der Waals surface area contributed by atoms with Crippen LogP contribution in [-0.2, 0) is 12.6 Å². The highest BCUT2D eigenvalue weighted by Gasteiger charge is 2.28. The Bertz CT molecular complexity index is 770. The number of rotatable bonds is 7. The Morgan fingerprint density at radius 3 is 2.40 bits per heavy atom. The first-order valence-electron chi connectivity index (χ1n) is 7.74. The van der Waals surface area contributed by atoms with Crippen molar-refractivity contribution in [2.24, 2.45) is 4.99 Å². The third-order valence-electron chi connectivity index (χ3n) is 3.64. The van der Waals surface area contributed by atoms with Crippen molar-refractivity contribution in [3.63, 3.8) is 0 Å². The summed E-state index contributed by atoms with van der Waals surface area (Å²) in [6, 6.07) is 8.44. The predicted molar refractivity (Wildman–Crippen MR) is 101 cm³/mol. The summed E-state index contributed by atoms with van der Waals surface area (Å²) in [5, 5.41) is 0.261. The number of pyridine rings is 1. The normalized spacial score (nSPS) is 12.5. The van der Waals surface area contributed by atoms with Crippen molar-refractivity contribution >= 4 is 29.1 Å². The zero-order valence-electron chi connectivity index (χ0n) is 14.2. The van der Waals surface area contributed by atoms with Gasteiger partial charge >= 0.3 is 0 Å². The molecule has 0 aliphatic heterocycles. The number of halogens is 1. The van der Waals surface area contributed by atoms with Gasteiger partial charge in [0, 0.05) is 37.5 Å². The van der Waals surface area contributed by atoms with Crippen molar-refractivity contribution in [1.29, 1.82) is 0 Å². The largest absolute Gasteiger partial charge is 0.758 e. The molecule has 0 bridgehead atoms. The van der Waals surface area contributed by atoms with Gasteiger partial charge in [0.2, 0.25) is 11.8 Å². The van der Waals surface area contributed by atoms with Gasteiger partial charge in [-0.15, -0.1) is 6.58 Å². The van der Waals surface area contributed by atoms with Crippen LogP contribution in [0.4, 0.5) is 10.1 Å². The smallest absolute Gasteiger partial charge is 0.237 e. The van der Waals surface area contributed by atoms with Crippen LogP contribution in [0.25, 0.3) is 0 Å². The maximum absolute atomic E-state index is 13.1. The van der Waals surface area contributed by atoms with Gasteiger partial charge in [-0.3, -0.25) is 4.79 Å². The van der Waals surface area contributed by atoms with Crippen LogP contribution in [0.5, 0.6) is 0 Å². The molecule has 1 aromatic heterocycles. The Morgan fingerprint density at radius 2 is 1.88 bits per heavy atom. The summed E-state index contributed by atoms with van der Waals surface area (Å²) in [5.41, 5.74) is 1.38. The van der Waals surface area contributed by atoms with Gasteiger partial charge < -0.3 is 22.5 Å². The molecule has 2 aromatic rings. The Kier molecular flexibility index (Phi) is 6.36. The van der Waals surface area contributed by atoms with Crippen molar-refractivity contribution in [2.75, 3.05) is 25.5 Å². The highest BCUT2D eigenvalue weighted by molar-refractivity contribution is 7.77. The molecule has 1 heterocycles. The van der Waals surface area contributed by atoms with Gasteiger partial charge in [-0.1, -0.05) is 6.08 Å². The van der Waals surface area contributed by atoms with E-state index in [0.717, 1.165) is 5.69 Å². The number of hydrogen-bond acceptors (Lipinski definition) is 4. The first kappa shape index (κ1) is 18.7. The molecule has 1 atom stereocenters. The lowest BCUT2D eigenvalue weighted by Crippen LogP contribution is -2.47. The molecule has 0 aliphatic carbocycles. The highest BCUT2D eigenvalue weighted by atomic mass is 32.1. The Labute approximate surface area is 152 Å². The fourth-order valence-electron chi connectivity index (χ4n) is 2.29. The van der Waals surface area contributed by atoms with Gasteiger partial charge in [0.1, 0.15) is 5.82 Å². The number of anilines is 1. The van der Waals surface area contributed by atoms with Crippen molar-refractivity contribution in [3.05, 3.63) is 72.8 Å². The second kappa shape index (κ2) is 8.48. The molecule has 0 N–H and O–H groups in total. The zero-order valence-corrected chi connectivity index (χ0v) is 15.0. The summed E-state index contributed by atoms with van der Waals surface area (Å²) >= 11 is 5.37. The zero-order chi connectivity index (χ0) is 18.4. The maximum Gasteiger partial charge on any atom is 0.237 e. The standard InChI is InChI=1S/C19H20FN3OS/c1-4-11-21-19(25)17(18(24)14-5-7-15(20)8-6-14)23-12-9-16(10-13-23)22(2)3/h4-10,12-13,17H,1,11H2,2-3H3/t17-/m1/s1. The fourth-order valence-corrected chi connectivity index (χ4v) is 2.59. The van der Waals surface area contributed by atoms with E-state index in [1.165, 1.54) is 24.3 Å². The van der Waals surface area contributed by atoms with E-state index in [1.54, 1.807) is 23.0 Å². The summed E-state index contributed by atoms with van der Waals surface area (Å²) < 4.78 is 14.9. The number of aliphatic imine (C=N–C) groups is 1. The molecule has 0 saturated heterocycles. The molecule has 4 nitrogen and oxygen atoms in total. The van der Waals surface area contributed by atoms with Crippen LogP contribution in [0.1, 0.15) is 16.4 Å². The predicted octanol–water partition coefficient (Wildman–Crippen LogP) is 2.73. The number of nitrogens with zero attached hydrogens (tertiary/aromatic N) is 3. The average Bonchev–Trinajstić information content (AvgIpc) is 2.61. The van der Waals surface area contributed by atoms with Gasteiger partial charge in [0.05, 0.1) is 6.54 Å². The Balaban J connectivity index is 2.43. The van der Waals surface area contributed by atoms with Gasteiger partial charge in [-0.25, -0.2) is 4.39 Å². The van der Waals surface area contributed by atoms with E-state index < -0.39 is 11.9 Å². The first-order valence-corrected chi connectivity index (χ1v) is 8.15. The lowest BCUT2D eigenvalue weighted by Gasteiger charge is -2.19. The molecule has 1 aromatic carbocycles. The number of ketones is 1. The third kappa shape index (κ3) is 4.70. The number of Topliss-reactive ketones (excluding diaryl/α,β-unsaturated/α-hetero) is 1. The Hall–Kier alpha value is -2.60. The van der Waals surface area contributed by atoms with E-state index >= 15 is 0 Å². The SMILES string of the molecule is C=CCN=C([S-])[C@@H](C(=O)c1ccc(F)cc1)[n+]1ccc(N(C)C)cc1. The first-order chi connectivity index (χ1) is 11.9. The average molecular weight is 357 g/mol. The van der Waals surface area contributed by atoms with Crippen molar-refractivity contribution in [2.45, 2.75) is 6.04 Å². The second-order valence-corrected chi connectivity index (χ2v) is 6.06. The molecular formula is C19H20FN3OS. The van der Waals surface area contributed by atoms with E-state index in [0.29, 0.717) is 12.1 Å². The second-order valence-electron chi connectivity index (χ2n) is 5.64. The summed E-state index contributed by atoms with van der Waals surface area (Å²) in [7, 11) is 3.87. The molecule has 0 radical (unpaired) electrons. The minimum absolute atomic E-state index is 0.236. The number of hydrogen-bond donors (Lipinski definition) is 0. The summed E-state index contributed by atoms with van der Waals surface area (Å²) in [5.74, 6) is -0.629. The van der Waals surface area contributed by atoms with Crippen molar-refractivity contribution in [3.8, 4) is 0 Å². The summed E-state index contributed by atoms with van der Waals surface area (Å²) in [4.78, 5) is 19.1.